The van der Waals surface area contributed by atoms with Crippen LogP contribution in [0.1, 0.15) is 17.6 Å². The predicted molar refractivity (Wildman–Crippen MR) is 81.1 cm³/mol. The van der Waals surface area contributed by atoms with Crippen molar-refractivity contribution in [1.29, 1.82) is 0 Å². The minimum Gasteiger partial charge on any atom is -0.452 e. The van der Waals surface area contributed by atoms with Crippen molar-refractivity contribution < 1.29 is 18.7 Å². The number of benzene rings is 1. The van der Waals surface area contributed by atoms with Crippen molar-refractivity contribution in [1.82, 2.24) is 4.98 Å². The number of hydrogen-bond acceptors (Lipinski definition) is 5. The third-order valence-electron chi connectivity index (χ3n) is 2.80. The van der Waals surface area contributed by atoms with E-state index >= 15 is 0 Å². The Bertz CT molecular complexity index is 687. The van der Waals surface area contributed by atoms with Crippen molar-refractivity contribution in [2.75, 3.05) is 5.32 Å². The van der Waals surface area contributed by atoms with Crippen LogP contribution in [-0.4, -0.2) is 23.0 Å². The molecular weight excluding hydrogens is 307 g/mol. The van der Waals surface area contributed by atoms with E-state index in [2.05, 4.69) is 10.3 Å². The molecule has 1 unspecified atom stereocenters. The van der Waals surface area contributed by atoms with Crippen LogP contribution in [0.15, 0.2) is 29.6 Å². The molecule has 22 heavy (non-hydrogen) atoms. The molecule has 7 heteroatoms. The number of halogens is 1. The van der Waals surface area contributed by atoms with Crippen LogP contribution in [-0.2, 0) is 20.7 Å². The van der Waals surface area contributed by atoms with E-state index < -0.39 is 23.8 Å². The number of anilines is 1. The van der Waals surface area contributed by atoms with E-state index in [4.69, 9.17) is 4.74 Å². The first-order chi connectivity index (χ1) is 10.5. The lowest BCUT2D eigenvalue weighted by atomic mass is 10.3. The summed E-state index contributed by atoms with van der Waals surface area (Å²) >= 11 is 1.44. The standard InChI is InChI=1S/C15H15FN2O3S/c1-9(15(20)18-13-6-4-3-5-12(13)16)21-14(19)7-11-8-22-10(2)17-11/h3-6,8-9H,7H2,1-2H3,(H,18,20). The molecule has 0 fully saturated rings. The lowest BCUT2D eigenvalue weighted by Gasteiger charge is -2.13. The van der Waals surface area contributed by atoms with Crippen LogP contribution in [0.3, 0.4) is 0 Å². The van der Waals surface area contributed by atoms with Gasteiger partial charge < -0.3 is 10.1 Å². The van der Waals surface area contributed by atoms with Crippen LogP contribution in [0.25, 0.3) is 0 Å². The number of ether oxygens (including phenoxy) is 1. The Kier molecular flexibility index (Phi) is 5.21. The van der Waals surface area contributed by atoms with Crippen LogP contribution >= 0.6 is 11.3 Å². The van der Waals surface area contributed by atoms with E-state index in [9.17, 15) is 14.0 Å². The van der Waals surface area contributed by atoms with Crippen molar-refractivity contribution in [2.24, 2.45) is 0 Å². The van der Waals surface area contributed by atoms with E-state index in [1.54, 1.807) is 11.4 Å². The highest BCUT2D eigenvalue weighted by molar-refractivity contribution is 7.09. The molecule has 0 bridgehead atoms. The fourth-order valence-electron chi connectivity index (χ4n) is 1.73. The average molecular weight is 322 g/mol. The van der Waals surface area contributed by atoms with Gasteiger partial charge in [-0.15, -0.1) is 11.3 Å². The van der Waals surface area contributed by atoms with Crippen LogP contribution in [0.5, 0.6) is 0 Å². The molecule has 0 aliphatic heterocycles. The van der Waals surface area contributed by atoms with Gasteiger partial charge in [0.2, 0.25) is 0 Å². The quantitative estimate of drug-likeness (QED) is 0.860. The molecule has 0 spiro atoms. The Morgan fingerprint density at radius 2 is 2.14 bits per heavy atom. The number of aromatic nitrogens is 1. The summed E-state index contributed by atoms with van der Waals surface area (Å²) < 4.78 is 18.5. The smallest absolute Gasteiger partial charge is 0.312 e. The van der Waals surface area contributed by atoms with Crippen molar-refractivity contribution in [3.63, 3.8) is 0 Å². The zero-order chi connectivity index (χ0) is 16.1. The van der Waals surface area contributed by atoms with Crippen molar-refractivity contribution >= 4 is 28.9 Å². The molecule has 1 amide bonds. The summed E-state index contributed by atoms with van der Waals surface area (Å²) in [6.07, 6.45) is -1.02. The zero-order valence-corrected chi connectivity index (χ0v) is 12.9. The molecule has 1 aromatic carbocycles. The first kappa shape index (κ1) is 16.1. The van der Waals surface area contributed by atoms with E-state index in [1.807, 2.05) is 6.92 Å². The molecule has 0 saturated carbocycles. The fraction of sp³-hybridized carbons (Fsp3) is 0.267. The van der Waals surface area contributed by atoms with Crippen LogP contribution in [0.2, 0.25) is 0 Å². The largest absolute Gasteiger partial charge is 0.452 e. The highest BCUT2D eigenvalue weighted by atomic mass is 32.1. The normalized spacial score (nSPS) is 11.8. The second kappa shape index (κ2) is 7.13. The third kappa shape index (κ3) is 4.36. The summed E-state index contributed by atoms with van der Waals surface area (Å²) in [7, 11) is 0. The lowest BCUT2D eigenvalue weighted by Crippen LogP contribution is -2.30. The predicted octanol–water partition coefficient (Wildman–Crippen LogP) is 2.70. The van der Waals surface area contributed by atoms with Crippen LogP contribution in [0.4, 0.5) is 10.1 Å². The molecule has 0 aliphatic carbocycles. The van der Waals surface area contributed by atoms with Crippen molar-refractivity contribution in [3.05, 3.63) is 46.2 Å². The van der Waals surface area contributed by atoms with E-state index in [1.165, 1.54) is 36.5 Å². The Morgan fingerprint density at radius 1 is 1.41 bits per heavy atom. The Balaban J connectivity index is 1.88. The van der Waals surface area contributed by atoms with E-state index in [0.717, 1.165) is 5.01 Å². The van der Waals surface area contributed by atoms with Gasteiger partial charge in [0.15, 0.2) is 6.10 Å². The molecule has 2 aromatic rings. The third-order valence-corrected chi connectivity index (χ3v) is 3.62. The number of nitrogens with one attached hydrogen (secondary N) is 1. The SMILES string of the molecule is Cc1nc(CC(=O)OC(C)C(=O)Nc2ccccc2F)cs1. The zero-order valence-electron chi connectivity index (χ0n) is 12.1. The molecule has 1 aromatic heterocycles. The number of carbonyl (C=O) groups excluding carboxylic acids is 2. The van der Waals surface area contributed by atoms with Gasteiger partial charge in [0.05, 0.1) is 22.8 Å². The molecule has 1 atom stereocenters. The Morgan fingerprint density at radius 3 is 2.77 bits per heavy atom. The van der Waals surface area contributed by atoms with Crippen molar-refractivity contribution in [3.8, 4) is 0 Å². The second-order valence-electron chi connectivity index (χ2n) is 4.64. The Hall–Kier alpha value is -2.28. The van der Waals surface area contributed by atoms with Crippen LogP contribution < -0.4 is 5.32 Å². The molecule has 0 saturated heterocycles. The molecule has 5 nitrogen and oxygen atoms in total. The molecule has 1 heterocycles. The Labute approximate surface area is 131 Å². The maximum absolute atomic E-state index is 13.4. The molecular formula is C15H15FN2O3S. The molecule has 0 radical (unpaired) electrons. The van der Waals surface area contributed by atoms with Gasteiger partial charge in [0.1, 0.15) is 5.82 Å². The first-order valence-corrected chi connectivity index (χ1v) is 7.49. The van der Waals surface area contributed by atoms with Crippen molar-refractivity contribution in [2.45, 2.75) is 26.4 Å². The highest BCUT2D eigenvalue weighted by Crippen LogP contribution is 2.13. The number of nitrogens with zero attached hydrogens (tertiary/aromatic N) is 1. The molecule has 0 aliphatic rings. The summed E-state index contributed by atoms with van der Waals surface area (Å²) in [4.78, 5) is 27.8. The first-order valence-electron chi connectivity index (χ1n) is 6.61. The van der Waals surface area contributed by atoms with Gasteiger partial charge in [-0.05, 0) is 26.0 Å². The second-order valence-corrected chi connectivity index (χ2v) is 5.70. The van der Waals surface area contributed by atoms with Gasteiger partial charge in [0, 0.05) is 5.38 Å². The van der Waals surface area contributed by atoms with Gasteiger partial charge in [-0.3, -0.25) is 9.59 Å². The van der Waals surface area contributed by atoms with Gasteiger partial charge in [-0.2, -0.15) is 0 Å². The van der Waals surface area contributed by atoms with Gasteiger partial charge >= 0.3 is 5.97 Å². The number of carbonyl (C=O) groups is 2. The van der Waals surface area contributed by atoms with Crippen LogP contribution in [0, 0.1) is 12.7 Å². The minimum atomic E-state index is -1.02. The minimum absolute atomic E-state index is 0.00164. The fourth-order valence-corrected chi connectivity index (χ4v) is 2.34. The lowest BCUT2D eigenvalue weighted by molar-refractivity contribution is -0.152. The summed E-state index contributed by atoms with van der Waals surface area (Å²) in [5, 5.41) is 5.00. The van der Waals surface area contributed by atoms with E-state index in [0.29, 0.717) is 5.69 Å². The number of esters is 1. The average Bonchev–Trinajstić information content (AvgIpc) is 2.86. The van der Waals surface area contributed by atoms with Gasteiger partial charge in [-0.25, -0.2) is 9.37 Å². The maximum atomic E-state index is 13.4. The topological polar surface area (TPSA) is 68.3 Å². The number of amides is 1. The number of hydrogen-bond donors (Lipinski definition) is 1. The number of aryl methyl sites for hydroxylation is 1. The summed E-state index contributed by atoms with van der Waals surface area (Å²) in [6.45, 7) is 3.27. The van der Waals surface area contributed by atoms with Gasteiger partial charge in [0.25, 0.3) is 5.91 Å². The summed E-state index contributed by atoms with van der Waals surface area (Å²) in [5.74, 6) is -1.69. The number of para-hydroxylation sites is 1. The van der Waals surface area contributed by atoms with E-state index in [-0.39, 0.29) is 12.1 Å². The monoisotopic (exact) mass is 322 g/mol. The summed E-state index contributed by atoms with van der Waals surface area (Å²) in [6, 6.07) is 5.78. The summed E-state index contributed by atoms with van der Waals surface area (Å²) in [5.41, 5.74) is 0.653. The molecule has 116 valence electrons. The maximum Gasteiger partial charge on any atom is 0.312 e. The van der Waals surface area contributed by atoms with Gasteiger partial charge in [-0.1, -0.05) is 12.1 Å². The number of rotatable bonds is 5. The molecule has 2 rings (SSSR count). The molecule has 1 N–H and O–H groups in total. The number of thiazole rings is 1. The highest BCUT2D eigenvalue weighted by Gasteiger charge is 2.19.